The highest BCUT2D eigenvalue weighted by Crippen LogP contribution is 2.52. The van der Waals surface area contributed by atoms with Crippen LogP contribution in [0.25, 0.3) is 10.9 Å². The second-order valence-electron chi connectivity index (χ2n) is 8.92. The summed E-state index contributed by atoms with van der Waals surface area (Å²) in [6.07, 6.45) is 2.99. The maximum atomic E-state index is 14.3. The van der Waals surface area contributed by atoms with Gasteiger partial charge < -0.3 is 14.8 Å². The van der Waals surface area contributed by atoms with Gasteiger partial charge in [0.15, 0.2) is 5.54 Å². The molecule has 1 spiro atoms. The molecule has 0 aliphatic carbocycles. The third-order valence-electron chi connectivity index (χ3n) is 6.81. The maximum Gasteiger partial charge on any atom is 0.264 e. The topological polar surface area (TPSA) is 56.4 Å². The number of aromatic nitrogens is 1. The van der Waals surface area contributed by atoms with E-state index in [4.69, 9.17) is 0 Å². The summed E-state index contributed by atoms with van der Waals surface area (Å²) in [5.41, 5.74) is 3.73. The first-order valence-electron chi connectivity index (χ1n) is 11.4. The van der Waals surface area contributed by atoms with Crippen LogP contribution in [0.4, 0.5) is 5.69 Å². The Kier molecular flexibility index (Phi) is 4.65. The van der Waals surface area contributed by atoms with Gasteiger partial charge >= 0.3 is 0 Å². The van der Waals surface area contributed by atoms with E-state index in [0.29, 0.717) is 13.0 Å². The summed E-state index contributed by atoms with van der Waals surface area (Å²) < 4.78 is 0. The van der Waals surface area contributed by atoms with E-state index in [9.17, 15) is 9.59 Å². The summed E-state index contributed by atoms with van der Waals surface area (Å²) >= 11 is 0. The van der Waals surface area contributed by atoms with Crippen LogP contribution in [-0.4, -0.2) is 34.3 Å². The second kappa shape index (κ2) is 7.26. The molecule has 3 heterocycles. The molecule has 1 N–H and O–H groups in total. The third-order valence-corrected chi connectivity index (χ3v) is 6.81. The molecule has 1 unspecified atom stereocenters. The van der Waals surface area contributed by atoms with Crippen molar-refractivity contribution in [2.24, 2.45) is 0 Å². The van der Waals surface area contributed by atoms with Crippen molar-refractivity contribution in [3.63, 3.8) is 0 Å². The van der Waals surface area contributed by atoms with Gasteiger partial charge in [0.1, 0.15) is 0 Å². The zero-order valence-electron chi connectivity index (χ0n) is 18.4. The molecule has 2 amide bonds. The Morgan fingerprint density at radius 2 is 1.87 bits per heavy atom. The fourth-order valence-electron chi connectivity index (χ4n) is 5.47. The molecule has 0 bridgehead atoms. The summed E-state index contributed by atoms with van der Waals surface area (Å²) in [6.45, 7) is 6.70. The SMILES string of the molecule is CCCCC(=O)N1CCc2c([nH]c3ccccc23)C12C(=O)N(C(C)C)c1ccccc12. The number of rotatable bonds is 4. The molecule has 31 heavy (non-hydrogen) atoms. The van der Waals surface area contributed by atoms with Crippen molar-refractivity contribution in [1.82, 2.24) is 9.88 Å². The molecule has 3 aromatic rings. The van der Waals surface area contributed by atoms with Gasteiger partial charge in [-0.15, -0.1) is 0 Å². The van der Waals surface area contributed by atoms with Crippen molar-refractivity contribution < 1.29 is 9.59 Å². The minimum Gasteiger partial charge on any atom is -0.355 e. The Morgan fingerprint density at radius 1 is 1.13 bits per heavy atom. The summed E-state index contributed by atoms with van der Waals surface area (Å²) in [5.74, 6) is 0.0287. The number of carbonyl (C=O) groups is 2. The minimum absolute atomic E-state index is 0.00428. The molecule has 2 aliphatic heterocycles. The fourth-order valence-corrected chi connectivity index (χ4v) is 5.47. The van der Waals surface area contributed by atoms with Crippen molar-refractivity contribution in [2.75, 3.05) is 11.4 Å². The largest absolute Gasteiger partial charge is 0.355 e. The number of amides is 2. The lowest BCUT2D eigenvalue weighted by molar-refractivity contribution is -0.145. The molecular weight excluding hydrogens is 386 g/mol. The third kappa shape index (κ3) is 2.62. The zero-order chi connectivity index (χ0) is 21.8. The lowest BCUT2D eigenvalue weighted by atomic mass is 9.79. The average molecular weight is 416 g/mol. The zero-order valence-corrected chi connectivity index (χ0v) is 18.4. The molecule has 0 saturated carbocycles. The van der Waals surface area contributed by atoms with Gasteiger partial charge in [0.05, 0.1) is 11.4 Å². The quantitative estimate of drug-likeness (QED) is 0.669. The number of aromatic amines is 1. The predicted molar refractivity (Wildman–Crippen MR) is 123 cm³/mol. The number of fused-ring (bicyclic) bond motifs is 6. The Bertz CT molecular complexity index is 1180. The van der Waals surface area contributed by atoms with Gasteiger partial charge in [0.25, 0.3) is 5.91 Å². The van der Waals surface area contributed by atoms with E-state index in [0.717, 1.165) is 52.7 Å². The van der Waals surface area contributed by atoms with Crippen LogP contribution in [0.1, 0.15) is 56.9 Å². The van der Waals surface area contributed by atoms with Gasteiger partial charge in [-0.25, -0.2) is 0 Å². The molecule has 0 saturated heterocycles. The monoisotopic (exact) mass is 415 g/mol. The van der Waals surface area contributed by atoms with Crippen LogP contribution in [0, 0.1) is 0 Å². The Hall–Kier alpha value is -3.08. The maximum absolute atomic E-state index is 14.3. The average Bonchev–Trinajstić information content (AvgIpc) is 3.27. The normalized spacial score (nSPS) is 20.1. The molecule has 1 atom stereocenters. The van der Waals surface area contributed by atoms with E-state index in [1.165, 1.54) is 0 Å². The van der Waals surface area contributed by atoms with Gasteiger partial charge in [-0.2, -0.15) is 0 Å². The van der Waals surface area contributed by atoms with Crippen LogP contribution in [0.3, 0.4) is 0 Å². The molecule has 0 radical (unpaired) electrons. The van der Waals surface area contributed by atoms with Gasteiger partial charge in [0, 0.05) is 35.5 Å². The minimum atomic E-state index is -1.13. The number of benzene rings is 2. The first-order chi connectivity index (χ1) is 15.0. The number of nitrogens with one attached hydrogen (secondary N) is 1. The van der Waals surface area contributed by atoms with E-state index in [2.05, 4.69) is 24.0 Å². The van der Waals surface area contributed by atoms with Gasteiger partial charge in [-0.1, -0.05) is 49.7 Å². The van der Waals surface area contributed by atoms with Gasteiger partial charge in [-0.3, -0.25) is 9.59 Å². The number of unbranched alkanes of at least 4 members (excludes halogenated alkanes) is 1. The van der Waals surface area contributed by atoms with Crippen molar-refractivity contribution in [2.45, 2.75) is 58.0 Å². The van der Waals surface area contributed by atoms with E-state index in [-0.39, 0.29) is 17.9 Å². The highest BCUT2D eigenvalue weighted by Gasteiger charge is 2.60. The molecule has 0 fully saturated rings. The molecular formula is C26H29N3O2. The number of nitrogens with zero attached hydrogens (tertiary/aromatic N) is 2. The fraction of sp³-hybridized carbons (Fsp3) is 0.385. The van der Waals surface area contributed by atoms with Crippen LogP contribution in [0.5, 0.6) is 0 Å². The standard InChI is InChI=1S/C26H29N3O2/c1-4-5-14-23(30)28-16-15-19-18-10-6-8-12-21(18)27-24(19)26(28)20-11-7-9-13-22(20)29(17(2)3)25(26)31/h6-13,17,27H,4-5,14-16H2,1-3H3. The summed E-state index contributed by atoms with van der Waals surface area (Å²) in [4.78, 5) is 35.2. The van der Waals surface area contributed by atoms with Crippen LogP contribution < -0.4 is 4.90 Å². The van der Waals surface area contributed by atoms with Crippen LogP contribution in [-0.2, 0) is 21.5 Å². The predicted octanol–water partition coefficient (Wildman–Crippen LogP) is 4.74. The second-order valence-corrected chi connectivity index (χ2v) is 8.92. The van der Waals surface area contributed by atoms with Crippen molar-refractivity contribution in [3.05, 3.63) is 65.4 Å². The molecule has 160 valence electrons. The number of hydrogen-bond donors (Lipinski definition) is 1. The number of carbonyl (C=O) groups excluding carboxylic acids is 2. The Morgan fingerprint density at radius 3 is 2.65 bits per heavy atom. The molecule has 5 nitrogen and oxygen atoms in total. The van der Waals surface area contributed by atoms with Gasteiger partial charge in [0.2, 0.25) is 5.91 Å². The number of H-pyrrole nitrogens is 1. The van der Waals surface area contributed by atoms with Crippen LogP contribution in [0.2, 0.25) is 0 Å². The van der Waals surface area contributed by atoms with E-state index in [1.54, 1.807) is 0 Å². The van der Waals surface area contributed by atoms with E-state index >= 15 is 0 Å². The smallest absolute Gasteiger partial charge is 0.264 e. The summed E-state index contributed by atoms with van der Waals surface area (Å²) in [7, 11) is 0. The number of anilines is 1. The lowest BCUT2D eigenvalue weighted by Gasteiger charge is -2.44. The molecule has 2 aromatic carbocycles. The highest BCUT2D eigenvalue weighted by molar-refractivity contribution is 6.13. The number of hydrogen-bond acceptors (Lipinski definition) is 2. The number of para-hydroxylation sites is 2. The van der Waals surface area contributed by atoms with E-state index < -0.39 is 5.54 Å². The highest BCUT2D eigenvalue weighted by atomic mass is 16.2. The van der Waals surface area contributed by atoms with Crippen molar-refractivity contribution in [1.29, 1.82) is 0 Å². The van der Waals surface area contributed by atoms with Crippen LogP contribution >= 0.6 is 0 Å². The van der Waals surface area contributed by atoms with Crippen LogP contribution in [0.15, 0.2) is 48.5 Å². The van der Waals surface area contributed by atoms with E-state index in [1.807, 2.05) is 60.0 Å². The summed E-state index contributed by atoms with van der Waals surface area (Å²) in [6, 6.07) is 16.2. The Balaban J connectivity index is 1.82. The van der Waals surface area contributed by atoms with Gasteiger partial charge in [-0.05, 0) is 44.4 Å². The first kappa shape index (κ1) is 19.9. The molecule has 2 aliphatic rings. The first-order valence-corrected chi connectivity index (χ1v) is 11.4. The molecule has 5 rings (SSSR count). The van der Waals surface area contributed by atoms with Crippen molar-refractivity contribution >= 4 is 28.4 Å². The summed E-state index contributed by atoms with van der Waals surface area (Å²) in [5, 5.41) is 1.14. The Labute approximate surface area is 183 Å². The molecule has 1 aromatic heterocycles. The molecule has 5 heteroatoms. The lowest BCUT2D eigenvalue weighted by Crippen LogP contribution is -2.59. The van der Waals surface area contributed by atoms with Crippen molar-refractivity contribution in [3.8, 4) is 0 Å².